The van der Waals surface area contributed by atoms with E-state index in [0.29, 0.717) is 106 Å². The number of carbonyl (C=O) groups is 5. The zero-order valence-corrected chi connectivity index (χ0v) is 71.4. The van der Waals surface area contributed by atoms with Crippen LogP contribution in [0.15, 0.2) is 267 Å². The van der Waals surface area contributed by atoms with Gasteiger partial charge in [-0.3, -0.25) is 49.5 Å². The maximum atomic E-state index is 13.3. The van der Waals surface area contributed by atoms with Crippen molar-refractivity contribution in [3.63, 3.8) is 0 Å². The summed E-state index contributed by atoms with van der Waals surface area (Å²) >= 11 is 11.9. The minimum atomic E-state index is -0.929. The lowest BCUT2D eigenvalue weighted by Gasteiger charge is -2.12. The lowest BCUT2D eigenvalue weighted by molar-refractivity contribution is 0.103. The van der Waals surface area contributed by atoms with Gasteiger partial charge in [-0.1, -0.05) is 178 Å². The van der Waals surface area contributed by atoms with Crippen molar-refractivity contribution < 1.29 is 67.0 Å². The Morgan fingerprint density at radius 3 is 1.05 bits per heavy atom. The Morgan fingerprint density at radius 1 is 0.354 bits per heavy atom. The number of H-pyrrole nitrogens is 5. The van der Waals surface area contributed by atoms with Gasteiger partial charge in [0.1, 0.15) is 11.5 Å². The van der Waals surface area contributed by atoms with E-state index in [1.165, 1.54) is 37.5 Å². The van der Waals surface area contributed by atoms with Crippen molar-refractivity contribution in [2.75, 3.05) is 21.0 Å². The molecule has 0 fully saturated rings. The number of allylic oxidation sites excluding steroid dienone is 5. The molecule has 0 spiro atoms. The van der Waals surface area contributed by atoms with Crippen LogP contribution in [-0.2, 0) is 19.8 Å². The quantitative estimate of drug-likeness (QED) is 0.0195. The Bertz CT molecular complexity index is 6360. The molecule has 0 amide bonds. The molecule has 26 heteroatoms. The lowest BCUT2D eigenvalue weighted by Crippen LogP contribution is -1.99. The van der Waals surface area contributed by atoms with Gasteiger partial charge in [-0.2, -0.15) is 25.5 Å². The first-order chi connectivity index (χ1) is 61.4. The summed E-state index contributed by atoms with van der Waals surface area (Å²) in [6.07, 6.45) is 15.9. The highest BCUT2D eigenvalue weighted by Gasteiger charge is 2.19. The van der Waals surface area contributed by atoms with Gasteiger partial charge in [0.05, 0.1) is 101 Å². The van der Waals surface area contributed by atoms with Gasteiger partial charge in [-0.25, -0.2) is 8.78 Å². The number of ketones is 5. The van der Waals surface area contributed by atoms with Gasteiger partial charge in [0.25, 0.3) is 0 Å². The third-order valence-electron chi connectivity index (χ3n) is 19.7. The summed E-state index contributed by atoms with van der Waals surface area (Å²) in [5.74, 6) is 0.382. The second-order valence-corrected chi connectivity index (χ2v) is 29.9. The van der Waals surface area contributed by atoms with E-state index in [4.69, 9.17) is 42.1 Å². The van der Waals surface area contributed by atoms with Crippen LogP contribution < -0.4 is 18.9 Å². The van der Waals surface area contributed by atoms with Crippen LogP contribution >= 0.6 is 23.2 Å². The second kappa shape index (κ2) is 43.7. The maximum Gasteiger partial charge on any atom is 0.231 e. The number of rotatable bonds is 25. The molecule has 0 aliphatic carbocycles. The van der Waals surface area contributed by atoms with Crippen LogP contribution in [0.4, 0.5) is 8.78 Å². The molecule has 15 aromatic rings. The van der Waals surface area contributed by atoms with E-state index >= 15 is 0 Å². The summed E-state index contributed by atoms with van der Waals surface area (Å²) in [6, 6.07) is 69.7. The highest BCUT2D eigenvalue weighted by Crippen LogP contribution is 2.37. The van der Waals surface area contributed by atoms with E-state index in [1.54, 1.807) is 110 Å². The van der Waals surface area contributed by atoms with Crippen molar-refractivity contribution in [2.45, 2.75) is 54.4 Å². The summed E-state index contributed by atoms with van der Waals surface area (Å²) in [4.78, 5) is 60.9. The van der Waals surface area contributed by atoms with Crippen molar-refractivity contribution in [2.24, 2.45) is 0 Å². The molecule has 0 saturated carbocycles. The Kier molecular flexibility index (Phi) is 31.3. The van der Waals surface area contributed by atoms with Crippen LogP contribution in [0.3, 0.4) is 0 Å². The Hall–Kier alpha value is -15.2. The first-order valence-electron chi connectivity index (χ1n) is 39.6. The summed E-state index contributed by atoms with van der Waals surface area (Å²) in [7, 11) is 3.09. The molecular weight excluding hydrogens is 1650 g/mol. The number of aliphatic hydroxyl groups excluding tert-OH is 3. The molecule has 8 N–H and O–H groups in total. The van der Waals surface area contributed by atoms with Gasteiger partial charge in [-0.05, 0) is 216 Å². The third-order valence-corrected chi connectivity index (χ3v) is 20.4. The van der Waals surface area contributed by atoms with Gasteiger partial charge < -0.3 is 34.3 Å². The molecule has 22 nitrogen and oxygen atoms in total. The molecule has 1 aliphatic heterocycles. The predicted molar refractivity (Wildman–Crippen MR) is 490 cm³/mol. The van der Waals surface area contributed by atoms with Crippen LogP contribution in [0, 0.1) is 46.3 Å². The lowest BCUT2D eigenvalue weighted by atomic mass is 10.0. The second-order valence-electron chi connectivity index (χ2n) is 29.0. The van der Waals surface area contributed by atoms with Gasteiger partial charge in [0, 0.05) is 61.2 Å². The first kappa shape index (κ1) is 91.0. The minimum Gasteiger partial charge on any atom is -0.497 e. The molecular formula is C101H86Cl2F2N10O12. The SMILES string of the molecule is COc1cc(-c2cc(/C=C/C(=O)c3ccc(C)cc3)[nH]n2)cc(CO)c1CO.COc1cc(CO)cc(-c2cc(/C=C/C(=O)c3ccc(C)cc3)[nH]n2)c1.Cc1ccc(C(=O)/C=C/c2cc(-c3ccc(Cl)c(Cl)c3)n[nH]2)cc1.Cc1ccc(C(=O)/C=C/c2cc(-c3ccc(F)c(F)c3)n[nH]2)cc1.Cc1ccc(C(=O)/C=C/c2cc(-c3ccc4c(c3)OCO4)n[nH]2)cc1. The minimum absolute atomic E-state index is 0.0424. The number of carbonyl (C=O) groups excluding carboxylic acids is 5. The molecule has 0 bridgehead atoms. The predicted octanol–water partition coefficient (Wildman–Crippen LogP) is 21.2. The normalized spacial score (nSPS) is 11.4. The average Bonchev–Trinajstić information content (AvgIpc) is 1.80. The summed E-state index contributed by atoms with van der Waals surface area (Å²) in [6.45, 7) is 9.61. The molecule has 5 aromatic heterocycles. The van der Waals surface area contributed by atoms with Gasteiger partial charge in [0.15, 0.2) is 52.0 Å². The number of ether oxygens (including phenoxy) is 4. The number of aromatic amines is 5. The van der Waals surface area contributed by atoms with E-state index in [-0.39, 0.29) is 55.5 Å². The summed E-state index contributed by atoms with van der Waals surface area (Å²) in [5, 5.41) is 64.9. The fraction of sp³-hybridized carbons (Fsp3) is 0.109. The summed E-state index contributed by atoms with van der Waals surface area (Å²) in [5.41, 5.74) is 21.2. The molecule has 1 aliphatic rings. The number of aromatic nitrogens is 10. The van der Waals surface area contributed by atoms with E-state index < -0.39 is 11.6 Å². The van der Waals surface area contributed by atoms with E-state index in [1.807, 2.05) is 186 Å². The third kappa shape index (κ3) is 25.3. The van der Waals surface area contributed by atoms with Crippen molar-refractivity contribution in [3.05, 3.63) is 389 Å². The van der Waals surface area contributed by atoms with Gasteiger partial charge in [0.2, 0.25) is 6.79 Å². The molecule has 640 valence electrons. The molecule has 0 saturated heterocycles. The highest BCUT2D eigenvalue weighted by atomic mass is 35.5. The zero-order chi connectivity index (χ0) is 90.0. The van der Waals surface area contributed by atoms with Gasteiger partial charge in [-0.15, -0.1) is 0 Å². The fourth-order valence-corrected chi connectivity index (χ4v) is 12.8. The Labute approximate surface area is 740 Å². The number of aryl methyl sites for hydroxylation is 5. The van der Waals surface area contributed by atoms with Crippen molar-refractivity contribution in [3.8, 4) is 79.3 Å². The number of benzene rings is 10. The van der Waals surface area contributed by atoms with E-state index in [2.05, 4.69) is 51.0 Å². The standard InChI is InChI=1S/C22H22N2O4.C21H20N2O3.C20H16N2O3.C19H14Cl2N2O.C19H14F2N2O/c1-14-3-5-15(6-4-14)21(27)8-7-18-11-20(24-23-18)16-9-17(12-25)19(13-26)22(10-16)28-2;1-14-3-5-16(6-4-14)21(25)8-7-18-12-20(23-22-18)17-9-15(13-24)10-19(11-17)26-2;1-13-2-4-14(5-3-13)18(23)8-7-16-11-17(22-21-16)15-6-9-19-20(10-15)25-12-24-19;2*1-12-2-4-13(5-3-12)19(24)9-7-15-11-18(23-22-15)14-6-8-16(20)17(21)10-14/h3-11,25-26H,12-13H2,1-2H3,(H,23,24);3-12,24H,13H2,1-2H3,(H,22,23);2-11H,12H2,1H3,(H,21,22);2*2-11H,1H3,(H,22,23)/b3*8-7+;2*9-7+. The van der Waals surface area contributed by atoms with Crippen LogP contribution in [0.25, 0.3) is 86.7 Å². The zero-order valence-electron chi connectivity index (χ0n) is 69.9. The maximum absolute atomic E-state index is 13.3. The van der Waals surface area contributed by atoms with E-state index in [0.717, 1.165) is 96.3 Å². The topological polar surface area (TPSA) is 326 Å². The van der Waals surface area contributed by atoms with Crippen LogP contribution in [0.1, 0.15) is 125 Å². The monoisotopic (exact) mass is 1740 g/mol. The summed E-state index contributed by atoms with van der Waals surface area (Å²) < 4.78 is 47.5. The number of hydrogen-bond donors (Lipinski definition) is 8. The molecule has 0 radical (unpaired) electrons. The number of fused-ring (bicyclic) bond motifs is 1. The number of hydrogen-bond acceptors (Lipinski definition) is 17. The molecule has 127 heavy (non-hydrogen) atoms. The highest BCUT2D eigenvalue weighted by molar-refractivity contribution is 6.42. The molecule has 16 rings (SSSR count). The van der Waals surface area contributed by atoms with Crippen LogP contribution in [-0.4, -0.2) is 116 Å². The van der Waals surface area contributed by atoms with Crippen molar-refractivity contribution in [1.29, 1.82) is 0 Å². The first-order valence-corrected chi connectivity index (χ1v) is 40.4. The largest absolute Gasteiger partial charge is 0.497 e. The fourth-order valence-electron chi connectivity index (χ4n) is 12.5. The van der Waals surface area contributed by atoms with Crippen molar-refractivity contribution >= 4 is 82.5 Å². The van der Waals surface area contributed by atoms with Gasteiger partial charge >= 0.3 is 0 Å². The molecule has 0 atom stereocenters. The molecule has 6 heterocycles. The van der Waals surface area contributed by atoms with Crippen molar-refractivity contribution in [1.82, 2.24) is 51.0 Å². The number of nitrogens with one attached hydrogen (secondary N) is 5. The van der Waals surface area contributed by atoms with Crippen LogP contribution in [0.2, 0.25) is 10.0 Å². The number of methoxy groups -OCH3 is 2. The number of nitrogens with zero attached hydrogens (tertiary/aromatic N) is 5. The Balaban J connectivity index is 0.000000144. The Morgan fingerprint density at radius 2 is 0.701 bits per heavy atom. The smallest absolute Gasteiger partial charge is 0.231 e. The average molecular weight is 1740 g/mol. The van der Waals surface area contributed by atoms with Crippen LogP contribution in [0.5, 0.6) is 23.0 Å². The molecule has 10 aromatic carbocycles. The number of aliphatic hydroxyl groups is 3. The number of halogens is 4. The molecule has 0 unspecified atom stereocenters. The van der Waals surface area contributed by atoms with E-state index in [9.17, 15) is 48.1 Å².